The van der Waals surface area contributed by atoms with Crippen LogP contribution >= 0.6 is 0 Å². The molecular weight excluding hydrogens is 535 g/mol. The number of benzene rings is 2. The molecule has 1 fully saturated rings. The van der Waals surface area contributed by atoms with E-state index in [9.17, 15) is 18.8 Å². The van der Waals surface area contributed by atoms with Gasteiger partial charge in [0.2, 0.25) is 11.8 Å². The number of hydrogen-bond donors (Lipinski definition) is 1. The Bertz CT molecular complexity index is 1670. The number of piperidine rings is 1. The number of unbranched alkanes of at least 4 members (excludes halogenated alkanes) is 1. The van der Waals surface area contributed by atoms with Crippen molar-refractivity contribution in [2.24, 2.45) is 0 Å². The lowest BCUT2D eigenvalue weighted by atomic mass is 9.97. The predicted molar refractivity (Wildman–Crippen MR) is 158 cm³/mol. The maximum Gasteiger partial charge on any atom is 0.259 e. The summed E-state index contributed by atoms with van der Waals surface area (Å²) in [5, 5.41) is 8.73. The van der Waals surface area contributed by atoms with Gasteiger partial charge < -0.3 is 4.90 Å². The van der Waals surface area contributed by atoms with Crippen LogP contribution in [-0.2, 0) is 22.6 Å². The third-order valence-electron chi connectivity index (χ3n) is 8.06. The molecule has 4 aromatic rings. The van der Waals surface area contributed by atoms with Gasteiger partial charge in [-0.2, -0.15) is 5.10 Å². The summed E-state index contributed by atoms with van der Waals surface area (Å²) in [6, 6.07) is 11.9. The minimum absolute atomic E-state index is 0.207. The Morgan fingerprint density at radius 3 is 2.74 bits per heavy atom. The van der Waals surface area contributed by atoms with Gasteiger partial charge in [0.05, 0.1) is 11.9 Å². The number of aromatic nitrogens is 3. The molecule has 9 nitrogen and oxygen atoms in total. The highest BCUT2D eigenvalue weighted by molar-refractivity contribution is 6.27. The van der Waals surface area contributed by atoms with E-state index < -0.39 is 11.9 Å². The molecule has 42 heavy (non-hydrogen) atoms. The SMILES string of the molecule is CCCCN(CCCn1cc(Cc2ccc3c4c(cccc24)C(=O)N3C2CCC(=O)NC2=O)cn1)c1ncccc1F. The first-order valence-corrected chi connectivity index (χ1v) is 14.5. The molecule has 0 bridgehead atoms. The number of carbonyl (C=O) groups is 3. The fourth-order valence-electron chi connectivity index (χ4n) is 6.00. The van der Waals surface area contributed by atoms with E-state index in [0.717, 1.165) is 47.7 Å². The predicted octanol–water partition coefficient (Wildman–Crippen LogP) is 4.62. The monoisotopic (exact) mass is 568 g/mol. The quantitative estimate of drug-likeness (QED) is 0.265. The van der Waals surface area contributed by atoms with Crippen LogP contribution < -0.4 is 15.1 Å². The lowest BCUT2D eigenvalue weighted by Gasteiger charge is -2.30. The number of anilines is 2. The summed E-state index contributed by atoms with van der Waals surface area (Å²) in [6.07, 6.45) is 9.44. The summed E-state index contributed by atoms with van der Waals surface area (Å²) >= 11 is 0. The summed E-state index contributed by atoms with van der Waals surface area (Å²) < 4.78 is 16.3. The summed E-state index contributed by atoms with van der Waals surface area (Å²) in [7, 11) is 0. The molecule has 1 N–H and O–H groups in total. The smallest absolute Gasteiger partial charge is 0.259 e. The third kappa shape index (κ3) is 5.24. The molecule has 2 aliphatic heterocycles. The van der Waals surface area contributed by atoms with E-state index in [-0.39, 0.29) is 24.1 Å². The first-order valence-electron chi connectivity index (χ1n) is 14.5. The van der Waals surface area contributed by atoms with Crippen LogP contribution in [0.15, 0.2) is 61.1 Å². The Labute approximate surface area is 243 Å². The molecule has 2 aromatic heterocycles. The number of imide groups is 1. The van der Waals surface area contributed by atoms with Crippen LogP contribution in [0.4, 0.5) is 15.9 Å². The Hall–Kier alpha value is -4.60. The highest BCUT2D eigenvalue weighted by atomic mass is 19.1. The van der Waals surface area contributed by atoms with Crippen molar-refractivity contribution >= 4 is 40.0 Å². The number of hydrogen-bond acceptors (Lipinski definition) is 6. The highest BCUT2D eigenvalue weighted by Gasteiger charge is 2.40. The number of amides is 3. The summed E-state index contributed by atoms with van der Waals surface area (Å²) in [5.74, 6) is -0.863. The first-order chi connectivity index (χ1) is 20.4. The first kappa shape index (κ1) is 27.6. The standard InChI is InChI=1S/C32H33FN6O3/c1-2-3-15-37(30-25(33)9-5-14-34-30)16-6-17-38-20-21(19-35-38)18-22-10-11-26-29-23(22)7-4-8-24(29)32(42)39(26)27-12-13-28(40)36-31(27)41/h4-5,7-11,14,19-20,27H,2-3,6,12-13,15-18H2,1H3,(H,36,40,41). The van der Waals surface area contributed by atoms with Gasteiger partial charge in [0.1, 0.15) is 6.04 Å². The highest BCUT2D eigenvalue weighted by Crippen LogP contribution is 2.41. The number of halogens is 1. The Balaban J connectivity index is 1.16. The second-order valence-corrected chi connectivity index (χ2v) is 10.9. The van der Waals surface area contributed by atoms with Crippen molar-refractivity contribution in [1.29, 1.82) is 0 Å². The van der Waals surface area contributed by atoms with Crippen molar-refractivity contribution in [2.75, 3.05) is 22.9 Å². The molecule has 0 saturated carbocycles. The third-order valence-corrected chi connectivity index (χ3v) is 8.06. The molecule has 3 amide bonds. The van der Waals surface area contributed by atoms with Crippen LogP contribution in [0, 0.1) is 5.82 Å². The summed E-state index contributed by atoms with van der Waals surface area (Å²) in [4.78, 5) is 45.5. The Kier molecular flexibility index (Phi) is 7.69. The minimum atomic E-state index is -0.707. The molecule has 4 heterocycles. The summed E-state index contributed by atoms with van der Waals surface area (Å²) in [6.45, 7) is 4.24. The van der Waals surface area contributed by atoms with Gasteiger partial charge in [-0.05, 0) is 60.0 Å². The number of nitrogens with zero attached hydrogens (tertiary/aromatic N) is 5. The van der Waals surface area contributed by atoms with Crippen molar-refractivity contribution in [1.82, 2.24) is 20.1 Å². The molecule has 1 unspecified atom stereocenters. The lowest BCUT2D eigenvalue weighted by molar-refractivity contribution is -0.134. The normalized spacial score (nSPS) is 16.4. The van der Waals surface area contributed by atoms with Gasteiger partial charge in [-0.15, -0.1) is 0 Å². The maximum atomic E-state index is 14.4. The molecule has 10 heteroatoms. The molecule has 0 radical (unpaired) electrons. The zero-order valence-electron chi connectivity index (χ0n) is 23.6. The average Bonchev–Trinajstić information content (AvgIpc) is 3.55. The van der Waals surface area contributed by atoms with Crippen molar-refractivity contribution in [3.05, 3.63) is 83.6 Å². The second kappa shape index (κ2) is 11.7. The molecule has 1 atom stereocenters. The van der Waals surface area contributed by atoms with E-state index in [1.165, 1.54) is 6.07 Å². The number of carbonyl (C=O) groups excluding carboxylic acids is 3. The Morgan fingerprint density at radius 2 is 1.93 bits per heavy atom. The van der Waals surface area contributed by atoms with E-state index in [1.807, 2.05) is 46.2 Å². The van der Waals surface area contributed by atoms with Crippen molar-refractivity contribution < 1.29 is 18.8 Å². The molecule has 216 valence electrons. The van der Waals surface area contributed by atoms with E-state index in [1.54, 1.807) is 23.2 Å². The number of pyridine rings is 1. The van der Waals surface area contributed by atoms with Crippen LogP contribution in [0.25, 0.3) is 10.8 Å². The minimum Gasteiger partial charge on any atom is -0.354 e. The molecule has 0 aliphatic carbocycles. The van der Waals surface area contributed by atoms with E-state index in [2.05, 4.69) is 22.3 Å². The van der Waals surface area contributed by atoms with Gasteiger partial charge in [-0.3, -0.25) is 29.3 Å². The van der Waals surface area contributed by atoms with Crippen LogP contribution in [0.1, 0.15) is 60.5 Å². The molecule has 0 spiro atoms. The van der Waals surface area contributed by atoms with E-state index >= 15 is 0 Å². The van der Waals surface area contributed by atoms with Crippen LogP contribution in [0.5, 0.6) is 0 Å². The molecule has 2 aliphatic rings. The molecular formula is C32H33FN6O3. The van der Waals surface area contributed by atoms with Crippen LogP contribution in [-0.4, -0.2) is 51.6 Å². The van der Waals surface area contributed by atoms with Crippen molar-refractivity contribution in [2.45, 2.75) is 58.0 Å². The fraction of sp³-hybridized carbons (Fsp3) is 0.344. The summed E-state index contributed by atoms with van der Waals surface area (Å²) in [5.41, 5.74) is 3.38. The van der Waals surface area contributed by atoms with Gasteiger partial charge >= 0.3 is 0 Å². The largest absolute Gasteiger partial charge is 0.354 e. The van der Waals surface area contributed by atoms with Gasteiger partial charge in [0, 0.05) is 55.8 Å². The van der Waals surface area contributed by atoms with Gasteiger partial charge in [0.15, 0.2) is 11.6 Å². The molecule has 2 aromatic carbocycles. The van der Waals surface area contributed by atoms with Gasteiger partial charge in [-0.25, -0.2) is 9.37 Å². The second-order valence-electron chi connectivity index (χ2n) is 10.9. The topological polar surface area (TPSA) is 100 Å². The molecule has 1 saturated heterocycles. The fourth-order valence-corrected chi connectivity index (χ4v) is 6.00. The number of aryl methyl sites for hydroxylation is 1. The molecule has 6 rings (SSSR count). The van der Waals surface area contributed by atoms with Gasteiger partial charge in [-0.1, -0.05) is 31.5 Å². The van der Waals surface area contributed by atoms with Crippen molar-refractivity contribution in [3.63, 3.8) is 0 Å². The zero-order valence-corrected chi connectivity index (χ0v) is 23.6. The van der Waals surface area contributed by atoms with E-state index in [0.29, 0.717) is 43.0 Å². The average molecular weight is 569 g/mol. The number of rotatable bonds is 11. The van der Waals surface area contributed by atoms with Crippen LogP contribution in [0.3, 0.4) is 0 Å². The van der Waals surface area contributed by atoms with Crippen LogP contribution in [0.2, 0.25) is 0 Å². The Morgan fingerprint density at radius 1 is 1.07 bits per heavy atom. The maximum absolute atomic E-state index is 14.4. The van der Waals surface area contributed by atoms with Gasteiger partial charge in [0.25, 0.3) is 5.91 Å². The van der Waals surface area contributed by atoms with E-state index in [4.69, 9.17) is 0 Å². The number of nitrogens with one attached hydrogen (secondary N) is 1. The lowest BCUT2D eigenvalue weighted by Crippen LogP contribution is -2.53. The zero-order chi connectivity index (χ0) is 29.2. The van der Waals surface area contributed by atoms with Crippen molar-refractivity contribution in [3.8, 4) is 0 Å².